The number of halogens is 1. The lowest BCUT2D eigenvalue weighted by Gasteiger charge is -2.32. The molecule has 3 N–H and O–H groups in total. The highest BCUT2D eigenvalue weighted by Crippen LogP contribution is 2.29. The summed E-state index contributed by atoms with van der Waals surface area (Å²) in [6.45, 7) is 1.66. The van der Waals surface area contributed by atoms with Crippen LogP contribution in [-0.2, 0) is 4.79 Å². The van der Waals surface area contributed by atoms with Gasteiger partial charge < -0.3 is 11.1 Å². The van der Waals surface area contributed by atoms with Gasteiger partial charge in [0.2, 0.25) is 5.91 Å². The SMILES string of the molecule is Cc1c(F)cccc1NC(=O)CC1(N)CCCCC1. The van der Waals surface area contributed by atoms with Crippen LogP contribution in [0.3, 0.4) is 0 Å². The molecule has 0 aromatic heterocycles. The summed E-state index contributed by atoms with van der Waals surface area (Å²) in [4.78, 5) is 12.0. The summed E-state index contributed by atoms with van der Waals surface area (Å²) < 4.78 is 13.4. The van der Waals surface area contributed by atoms with Crippen LogP contribution in [0, 0.1) is 12.7 Å². The molecule has 1 aliphatic carbocycles. The van der Waals surface area contributed by atoms with Gasteiger partial charge >= 0.3 is 0 Å². The van der Waals surface area contributed by atoms with Crippen LogP contribution in [0.25, 0.3) is 0 Å². The van der Waals surface area contributed by atoms with Crippen LogP contribution < -0.4 is 11.1 Å². The average Bonchev–Trinajstić information content (AvgIpc) is 2.35. The molecule has 1 aliphatic rings. The van der Waals surface area contributed by atoms with E-state index in [2.05, 4.69) is 5.32 Å². The quantitative estimate of drug-likeness (QED) is 0.881. The predicted octanol–water partition coefficient (Wildman–Crippen LogP) is 3.12. The number of nitrogens with one attached hydrogen (secondary N) is 1. The summed E-state index contributed by atoms with van der Waals surface area (Å²) in [6, 6.07) is 4.69. The lowest BCUT2D eigenvalue weighted by atomic mass is 9.80. The Morgan fingerprint density at radius 3 is 2.74 bits per heavy atom. The summed E-state index contributed by atoms with van der Waals surface area (Å²) in [5, 5.41) is 2.76. The summed E-state index contributed by atoms with van der Waals surface area (Å²) in [5.74, 6) is -0.434. The van der Waals surface area contributed by atoms with Crippen molar-refractivity contribution in [3.05, 3.63) is 29.6 Å². The second-order valence-electron chi connectivity index (χ2n) is 5.56. The normalized spacial score (nSPS) is 18.1. The van der Waals surface area contributed by atoms with Crippen LogP contribution in [0.5, 0.6) is 0 Å². The molecule has 0 atom stereocenters. The van der Waals surface area contributed by atoms with Crippen LogP contribution in [0.2, 0.25) is 0 Å². The van der Waals surface area contributed by atoms with Gasteiger partial charge in [-0.1, -0.05) is 25.3 Å². The molecule has 1 aromatic carbocycles. The highest BCUT2D eigenvalue weighted by atomic mass is 19.1. The maximum Gasteiger partial charge on any atom is 0.226 e. The molecule has 1 aromatic rings. The maximum absolute atomic E-state index is 13.4. The molecule has 0 spiro atoms. The number of amides is 1. The first-order valence-corrected chi connectivity index (χ1v) is 6.84. The molecule has 0 saturated heterocycles. The van der Waals surface area contributed by atoms with Gasteiger partial charge in [0, 0.05) is 23.2 Å². The maximum atomic E-state index is 13.4. The number of hydrogen-bond acceptors (Lipinski definition) is 2. The van der Waals surface area contributed by atoms with Crippen LogP contribution in [0.15, 0.2) is 18.2 Å². The molecule has 0 radical (unpaired) electrons. The Kier molecular flexibility index (Phi) is 4.20. The molecule has 1 fully saturated rings. The number of rotatable bonds is 3. The van der Waals surface area contributed by atoms with Gasteiger partial charge in [0.05, 0.1) is 0 Å². The largest absolute Gasteiger partial charge is 0.326 e. The number of nitrogens with two attached hydrogens (primary N) is 1. The van der Waals surface area contributed by atoms with Crippen molar-refractivity contribution in [3.8, 4) is 0 Å². The van der Waals surface area contributed by atoms with Crippen LogP contribution in [0.4, 0.5) is 10.1 Å². The minimum absolute atomic E-state index is 0.127. The van der Waals surface area contributed by atoms with Crippen molar-refractivity contribution in [2.75, 3.05) is 5.32 Å². The Hall–Kier alpha value is -1.42. The Morgan fingerprint density at radius 2 is 2.05 bits per heavy atom. The van der Waals surface area contributed by atoms with Gasteiger partial charge in [-0.3, -0.25) is 4.79 Å². The van der Waals surface area contributed by atoms with Crippen molar-refractivity contribution in [3.63, 3.8) is 0 Å². The van der Waals surface area contributed by atoms with Crippen LogP contribution in [-0.4, -0.2) is 11.4 Å². The molecule has 0 heterocycles. The van der Waals surface area contributed by atoms with Crippen LogP contribution >= 0.6 is 0 Å². The number of carbonyl (C=O) groups excluding carboxylic acids is 1. The lowest BCUT2D eigenvalue weighted by molar-refractivity contribution is -0.117. The molecule has 0 unspecified atom stereocenters. The van der Waals surface area contributed by atoms with Crippen molar-refractivity contribution in [1.82, 2.24) is 0 Å². The van der Waals surface area contributed by atoms with Gasteiger partial charge in [-0.25, -0.2) is 4.39 Å². The minimum Gasteiger partial charge on any atom is -0.326 e. The van der Waals surface area contributed by atoms with Crippen LogP contribution in [0.1, 0.15) is 44.1 Å². The molecule has 104 valence electrons. The fourth-order valence-corrected chi connectivity index (χ4v) is 2.69. The van der Waals surface area contributed by atoms with E-state index in [0.29, 0.717) is 17.7 Å². The van der Waals surface area contributed by atoms with Crippen molar-refractivity contribution >= 4 is 11.6 Å². The van der Waals surface area contributed by atoms with Gasteiger partial charge in [0.15, 0.2) is 0 Å². The zero-order valence-electron chi connectivity index (χ0n) is 11.3. The van der Waals surface area contributed by atoms with Crippen molar-refractivity contribution < 1.29 is 9.18 Å². The Morgan fingerprint density at radius 1 is 1.37 bits per heavy atom. The molecule has 19 heavy (non-hydrogen) atoms. The zero-order chi connectivity index (χ0) is 13.9. The topological polar surface area (TPSA) is 55.1 Å². The van der Waals surface area contributed by atoms with Gasteiger partial charge in [0.1, 0.15) is 5.82 Å². The zero-order valence-corrected chi connectivity index (χ0v) is 11.3. The van der Waals surface area contributed by atoms with E-state index in [-0.39, 0.29) is 17.3 Å². The van der Waals surface area contributed by atoms with E-state index in [4.69, 9.17) is 5.73 Å². The minimum atomic E-state index is -0.385. The smallest absolute Gasteiger partial charge is 0.226 e. The van der Waals surface area contributed by atoms with Gasteiger partial charge in [-0.05, 0) is 31.9 Å². The molecule has 0 bridgehead atoms. The first-order chi connectivity index (χ1) is 9.00. The van der Waals surface area contributed by atoms with E-state index in [9.17, 15) is 9.18 Å². The van der Waals surface area contributed by atoms with Gasteiger partial charge in [-0.2, -0.15) is 0 Å². The van der Waals surface area contributed by atoms with E-state index in [1.165, 1.54) is 12.5 Å². The standard InChI is InChI=1S/C15H21FN2O/c1-11-12(16)6-5-7-13(11)18-14(19)10-15(17)8-3-2-4-9-15/h5-7H,2-4,8-10,17H2,1H3,(H,18,19). The van der Waals surface area contributed by atoms with E-state index >= 15 is 0 Å². The monoisotopic (exact) mass is 264 g/mol. The number of benzene rings is 1. The summed E-state index contributed by atoms with van der Waals surface area (Å²) >= 11 is 0. The summed E-state index contributed by atoms with van der Waals surface area (Å²) in [5.41, 5.74) is 6.86. The fraction of sp³-hybridized carbons (Fsp3) is 0.533. The Labute approximate surface area is 113 Å². The Bertz CT molecular complexity index is 467. The predicted molar refractivity (Wildman–Crippen MR) is 74.4 cm³/mol. The third kappa shape index (κ3) is 3.53. The van der Waals surface area contributed by atoms with Crippen molar-refractivity contribution in [2.24, 2.45) is 5.73 Å². The number of hydrogen-bond donors (Lipinski definition) is 2. The van der Waals surface area contributed by atoms with E-state index in [1.807, 2.05) is 0 Å². The van der Waals surface area contributed by atoms with E-state index < -0.39 is 0 Å². The molecule has 1 amide bonds. The molecular weight excluding hydrogens is 243 g/mol. The first-order valence-electron chi connectivity index (χ1n) is 6.84. The molecule has 3 nitrogen and oxygen atoms in total. The molecule has 1 saturated carbocycles. The molecule has 0 aliphatic heterocycles. The fourth-order valence-electron chi connectivity index (χ4n) is 2.69. The highest BCUT2D eigenvalue weighted by molar-refractivity contribution is 5.92. The Balaban J connectivity index is 1.99. The van der Waals surface area contributed by atoms with Gasteiger partial charge in [-0.15, -0.1) is 0 Å². The number of carbonyl (C=O) groups is 1. The second kappa shape index (κ2) is 5.70. The van der Waals surface area contributed by atoms with E-state index in [1.54, 1.807) is 19.1 Å². The lowest BCUT2D eigenvalue weighted by Crippen LogP contribution is -2.44. The molecular formula is C15H21FN2O. The molecule has 4 heteroatoms. The highest BCUT2D eigenvalue weighted by Gasteiger charge is 2.30. The van der Waals surface area contributed by atoms with Crippen molar-refractivity contribution in [1.29, 1.82) is 0 Å². The summed E-state index contributed by atoms with van der Waals surface area (Å²) in [6.07, 6.45) is 5.46. The molecule has 2 rings (SSSR count). The second-order valence-corrected chi connectivity index (χ2v) is 5.56. The van der Waals surface area contributed by atoms with Gasteiger partial charge in [0.25, 0.3) is 0 Å². The van der Waals surface area contributed by atoms with E-state index in [0.717, 1.165) is 25.7 Å². The first kappa shape index (κ1) is 14.0. The van der Waals surface area contributed by atoms with Crippen molar-refractivity contribution in [2.45, 2.75) is 51.0 Å². The average molecular weight is 264 g/mol. The number of anilines is 1. The third-order valence-corrected chi connectivity index (χ3v) is 3.90. The summed E-state index contributed by atoms with van der Waals surface area (Å²) in [7, 11) is 0. The third-order valence-electron chi connectivity index (χ3n) is 3.90.